The number of nitrogens with zero attached hydrogens (tertiary/aromatic N) is 6. The standard InChI is InChI=1S/C29H36FN7O2/c1-6-39-29-20(17-36(5)34-29)14-26-31-15-24(30)27(33-26)23-11-10-22-21(23)8-7-9-25(22)32-28(38)19(3)37-13-12-35(4)18(2)16-37/h7-9,11,15,17-19H,6,10,12-14,16H2,1-5H3,(H,32,38)/t18-,19-/m1/s1. The smallest absolute Gasteiger partial charge is 0.241 e. The second-order valence-electron chi connectivity index (χ2n) is 10.4. The van der Waals surface area contributed by atoms with Crippen molar-refractivity contribution >= 4 is 17.2 Å². The zero-order valence-electron chi connectivity index (χ0n) is 23.2. The molecular weight excluding hydrogens is 497 g/mol. The largest absolute Gasteiger partial charge is 0.477 e. The molecule has 5 rings (SSSR count). The highest BCUT2D eigenvalue weighted by molar-refractivity contribution is 5.97. The molecule has 0 unspecified atom stereocenters. The fourth-order valence-electron chi connectivity index (χ4n) is 5.29. The molecule has 2 atom stereocenters. The van der Waals surface area contributed by atoms with Crippen molar-refractivity contribution in [2.24, 2.45) is 7.05 Å². The summed E-state index contributed by atoms with van der Waals surface area (Å²) < 4.78 is 22.4. The highest BCUT2D eigenvalue weighted by atomic mass is 19.1. The van der Waals surface area contributed by atoms with E-state index in [9.17, 15) is 4.79 Å². The van der Waals surface area contributed by atoms with E-state index in [2.05, 4.69) is 44.2 Å². The van der Waals surface area contributed by atoms with E-state index in [1.165, 1.54) is 6.20 Å². The van der Waals surface area contributed by atoms with Gasteiger partial charge in [0.05, 0.1) is 18.8 Å². The van der Waals surface area contributed by atoms with Gasteiger partial charge in [-0.25, -0.2) is 14.4 Å². The van der Waals surface area contributed by atoms with Crippen LogP contribution in [0.4, 0.5) is 10.1 Å². The Balaban J connectivity index is 1.35. The summed E-state index contributed by atoms with van der Waals surface area (Å²) in [5.41, 5.74) is 4.39. The van der Waals surface area contributed by atoms with Crippen molar-refractivity contribution in [3.63, 3.8) is 0 Å². The number of rotatable bonds is 8. The van der Waals surface area contributed by atoms with Gasteiger partial charge in [0.25, 0.3) is 0 Å². The number of likely N-dealkylation sites (N-methyl/N-ethyl adjacent to an activating group) is 1. The van der Waals surface area contributed by atoms with Gasteiger partial charge in [0.2, 0.25) is 11.8 Å². The number of anilines is 1. The summed E-state index contributed by atoms with van der Waals surface area (Å²) in [5, 5.41) is 7.48. The highest BCUT2D eigenvalue weighted by Crippen LogP contribution is 2.37. The lowest BCUT2D eigenvalue weighted by molar-refractivity contribution is -0.121. The Bertz CT molecular complexity index is 1400. The number of hydrogen-bond donors (Lipinski definition) is 1. The fraction of sp³-hybridized carbons (Fsp3) is 0.448. The number of carbonyl (C=O) groups excluding carboxylic acids is 1. The average Bonchev–Trinajstić information content (AvgIpc) is 3.50. The average molecular weight is 534 g/mol. The van der Waals surface area contributed by atoms with Crippen LogP contribution >= 0.6 is 0 Å². The lowest BCUT2D eigenvalue weighted by atomic mass is 10.0. The van der Waals surface area contributed by atoms with Gasteiger partial charge in [0, 0.05) is 62.2 Å². The molecule has 1 aromatic carbocycles. The Hall–Kier alpha value is -3.63. The summed E-state index contributed by atoms with van der Waals surface area (Å²) in [4.78, 5) is 26.6. The second-order valence-corrected chi connectivity index (χ2v) is 10.4. The topological polar surface area (TPSA) is 88.4 Å². The molecule has 1 amide bonds. The molecule has 206 valence electrons. The van der Waals surface area contributed by atoms with Gasteiger partial charge >= 0.3 is 0 Å². The van der Waals surface area contributed by atoms with Gasteiger partial charge in [-0.15, -0.1) is 5.10 Å². The summed E-state index contributed by atoms with van der Waals surface area (Å²) in [7, 11) is 3.94. The van der Waals surface area contributed by atoms with Crippen molar-refractivity contribution in [1.29, 1.82) is 0 Å². The van der Waals surface area contributed by atoms with Gasteiger partial charge in [0.1, 0.15) is 11.5 Å². The van der Waals surface area contributed by atoms with E-state index < -0.39 is 5.82 Å². The van der Waals surface area contributed by atoms with Gasteiger partial charge in [-0.2, -0.15) is 0 Å². The van der Waals surface area contributed by atoms with Crippen molar-refractivity contribution in [2.45, 2.75) is 45.7 Å². The Labute approximate surface area is 228 Å². The Morgan fingerprint density at radius 1 is 1.28 bits per heavy atom. The number of amides is 1. The number of halogens is 1. The van der Waals surface area contributed by atoms with E-state index in [4.69, 9.17) is 4.74 Å². The van der Waals surface area contributed by atoms with Crippen molar-refractivity contribution in [3.8, 4) is 5.88 Å². The van der Waals surface area contributed by atoms with Gasteiger partial charge in [-0.05, 0) is 51.4 Å². The molecule has 10 heteroatoms. The van der Waals surface area contributed by atoms with E-state index in [0.717, 1.165) is 42.0 Å². The van der Waals surface area contributed by atoms with Gasteiger partial charge in [-0.1, -0.05) is 18.2 Å². The number of benzene rings is 1. The summed E-state index contributed by atoms with van der Waals surface area (Å²) in [5.74, 6) is 0.488. The van der Waals surface area contributed by atoms with Gasteiger partial charge in [-0.3, -0.25) is 14.4 Å². The van der Waals surface area contributed by atoms with E-state index in [0.29, 0.717) is 42.8 Å². The first kappa shape index (κ1) is 27.0. The van der Waals surface area contributed by atoms with E-state index >= 15 is 4.39 Å². The number of ether oxygens (including phenoxy) is 1. The molecule has 0 saturated carbocycles. The zero-order chi connectivity index (χ0) is 27.7. The summed E-state index contributed by atoms with van der Waals surface area (Å²) >= 11 is 0. The summed E-state index contributed by atoms with van der Waals surface area (Å²) in [6.07, 6.45) is 6.00. The second kappa shape index (κ2) is 11.2. The Morgan fingerprint density at radius 3 is 2.87 bits per heavy atom. The van der Waals surface area contributed by atoms with Crippen LogP contribution in [0.25, 0.3) is 5.57 Å². The van der Waals surface area contributed by atoms with Crippen molar-refractivity contribution < 1.29 is 13.9 Å². The molecule has 1 fully saturated rings. The minimum atomic E-state index is -0.485. The van der Waals surface area contributed by atoms with Crippen LogP contribution in [-0.4, -0.2) is 80.8 Å². The zero-order valence-corrected chi connectivity index (χ0v) is 23.2. The van der Waals surface area contributed by atoms with Crippen LogP contribution in [0.15, 0.2) is 36.7 Å². The first-order chi connectivity index (χ1) is 18.7. The minimum Gasteiger partial charge on any atom is -0.477 e. The van der Waals surface area contributed by atoms with E-state index in [1.54, 1.807) is 4.68 Å². The van der Waals surface area contributed by atoms with Crippen molar-refractivity contribution in [1.82, 2.24) is 29.5 Å². The Morgan fingerprint density at radius 2 is 2.10 bits per heavy atom. The molecule has 9 nitrogen and oxygen atoms in total. The third-order valence-corrected chi connectivity index (χ3v) is 7.70. The van der Waals surface area contributed by atoms with E-state index in [-0.39, 0.29) is 17.6 Å². The van der Waals surface area contributed by atoms with Crippen LogP contribution in [0.3, 0.4) is 0 Å². The van der Waals surface area contributed by atoms with Crippen LogP contribution < -0.4 is 10.1 Å². The number of fused-ring (bicyclic) bond motifs is 1. The quantitative estimate of drug-likeness (QED) is 0.475. The lowest BCUT2D eigenvalue weighted by Gasteiger charge is -2.40. The number of aryl methyl sites for hydroxylation is 1. The molecule has 3 aromatic rings. The first-order valence-electron chi connectivity index (χ1n) is 13.5. The maximum atomic E-state index is 15.1. The summed E-state index contributed by atoms with van der Waals surface area (Å²) in [6.45, 7) is 9.18. The van der Waals surface area contributed by atoms with Crippen LogP contribution in [0.5, 0.6) is 5.88 Å². The van der Waals surface area contributed by atoms with Gasteiger partial charge < -0.3 is 15.0 Å². The molecule has 1 N–H and O–H groups in total. The molecule has 1 saturated heterocycles. The molecule has 0 radical (unpaired) electrons. The molecule has 1 aliphatic carbocycles. The van der Waals surface area contributed by atoms with Crippen LogP contribution in [0.1, 0.15) is 49.0 Å². The number of piperazine rings is 1. The molecule has 2 aliphatic rings. The normalized spacial score (nSPS) is 18.5. The molecule has 2 aromatic heterocycles. The van der Waals surface area contributed by atoms with E-state index in [1.807, 2.05) is 51.4 Å². The maximum absolute atomic E-state index is 15.1. The predicted molar refractivity (Wildman–Crippen MR) is 148 cm³/mol. The fourth-order valence-corrected chi connectivity index (χ4v) is 5.29. The minimum absolute atomic E-state index is 0.0364. The molecule has 3 heterocycles. The first-order valence-corrected chi connectivity index (χ1v) is 13.5. The Kier molecular flexibility index (Phi) is 7.76. The van der Waals surface area contributed by atoms with Crippen molar-refractivity contribution in [2.75, 3.05) is 38.6 Å². The monoisotopic (exact) mass is 533 g/mol. The molecule has 39 heavy (non-hydrogen) atoms. The maximum Gasteiger partial charge on any atom is 0.241 e. The predicted octanol–water partition coefficient (Wildman–Crippen LogP) is 3.29. The highest BCUT2D eigenvalue weighted by Gasteiger charge is 2.29. The third kappa shape index (κ3) is 5.58. The number of aromatic nitrogens is 4. The number of carbonyl (C=O) groups is 1. The summed E-state index contributed by atoms with van der Waals surface area (Å²) in [6, 6.07) is 5.90. The lowest BCUT2D eigenvalue weighted by Crippen LogP contribution is -2.55. The molecule has 0 bridgehead atoms. The molecular formula is C29H36FN7O2. The van der Waals surface area contributed by atoms with Gasteiger partial charge in [0.15, 0.2) is 5.82 Å². The van der Waals surface area contributed by atoms with Crippen LogP contribution in [0, 0.1) is 5.82 Å². The SMILES string of the molecule is CCOc1nn(C)cc1Cc1ncc(F)c(C2=CCc3c(NC(=O)[C@@H](C)N4CCN(C)[C@H](C)C4)cccc32)n1. The molecule has 1 aliphatic heterocycles. The van der Waals surface area contributed by atoms with Crippen LogP contribution in [-0.2, 0) is 24.7 Å². The third-order valence-electron chi connectivity index (χ3n) is 7.70. The van der Waals surface area contributed by atoms with Crippen LogP contribution in [0.2, 0.25) is 0 Å². The number of nitrogens with one attached hydrogen (secondary N) is 1. The number of hydrogen-bond acceptors (Lipinski definition) is 7. The van der Waals surface area contributed by atoms with Crippen molar-refractivity contribution in [3.05, 3.63) is 70.7 Å². The number of allylic oxidation sites excluding steroid dienone is 1. The molecule has 0 spiro atoms.